The van der Waals surface area contributed by atoms with Crippen molar-refractivity contribution in [3.8, 4) is 0 Å². The van der Waals surface area contributed by atoms with E-state index in [0.29, 0.717) is 0 Å². The lowest BCUT2D eigenvalue weighted by molar-refractivity contribution is 0.179. The molecule has 0 atom stereocenters. The van der Waals surface area contributed by atoms with Crippen molar-refractivity contribution in [3.05, 3.63) is 0 Å². The zero-order valence-corrected chi connectivity index (χ0v) is 19.1. The molecule has 0 saturated heterocycles. The number of unbranched alkanes of at least 4 members (excludes halogenated alkanes) is 16. The predicted octanol–water partition coefficient (Wildman–Crippen LogP) is 3.44. The molecule has 180 valence electrons. The number of carbonyl (C=O) groups is 1. The van der Waals surface area contributed by atoms with Crippen LogP contribution in [0.2, 0.25) is 0 Å². The third-order valence-electron chi connectivity index (χ3n) is 4.98. The monoisotopic (exact) mass is 432 g/mol. The number of nitrogens with one attached hydrogen (secondary N) is 8. The van der Waals surface area contributed by atoms with Crippen molar-refractivity contribution < 1.29 is 9.90 Å². The summed E-state index contributed by atoms with van der Waals surface area (Å²) in [5.74, 6) is 0. The van der Waals surface area contributed by atoms with E-state index in [4.69, 9.17) is 5.11 Å². The van der Waals surface area contributed by atoms with Gasteiger partial charge < -0.3 is 5.11 Å². The Balaban J connectivity index is 2.99. The molecule has 0 heterocycles. The summed E-state index contributed by atoms with van der Waals surface area (Å²) in [5, 5.41) is 8.30. The Kier molecular flexibility index (Phi) is 25.1. The highest BCUT2D eigenvalue weighted by molar-refractivity contribution is 5.63. The zero-order chi connectivity index (χ0) is 22.0. The molecule has 0 radical (unpaired) electrons. The standard InChI is InChI=1S/C20H48N8O2/c1-2-3-4-5-6-7-8-9-10-11-12-13-14-15-16-17-18-19-21-23-25-27-28-26-24-22-20(29)30/h21-28H,2-19H2,1H3,(H,29,30). The molecular formula is C20H48N8O2. The molecule has 0 aliphatic heterocycles. The minimum atomic E-state index is -1.19. The first-order valence-corrected chi connectivity index (χ1v) is 12.0. The molecule has 1 amide bonds. The summed E-state index contributed by atoms with van der Waals surface area (Å²) >= 11 is 0. The molecule has 0 aromatic rings. The predicted molar refractivity (Wildman–Crippen MR) is 122 cm³/mol. The van der Waals surface area contributed by atoms with Gasteiger partial charge in [0.1, 0.15) is 0 Å². The van der Waals surface area contributed by atoms with Crippen LogP contribution < -0.4 is 44.1 Å². The molecule has 10 nitrogen and oxygen atoms in total. The van der Waals surface area contributed by atoms with Gasteiger partial charge in [-0.2, -0.15) is 33.2 Å². The molecule has 0 aliphatic carbocycles. The Morgan fingerprint density at radius 3 is 1.33 bits per heavy atom. The van der Waals surface area contributed by atoms with Crippen molar-refractivity contribution in [2.75, 3.05) is 6.54 Å². The van der Waals surface area contributed by atoms with Gasteiger partial charge in [0.15, 0.2) is 0 Å². The largest absolute Gasteiger partial charge is 0.464 e. The molecule has 0 fully saturated rings. The van der Waals surface area contributed by atoms with Gasteiger partial charge in [0.2, 0.25) is 0 Å². The van der Waals surface area contributed by atoms with Crippen LogP contribution in [0.1, 0.15) is 116 Å². The highest BCUT2D eigenvalue weighted by atomic mass is 16.4. The second-order valence-corrected chi connectivity index (χ2v) is 7.76. The summed E-state index contributed by atoms with van der Waals surface area (Å²) < 4.78 is 0. The maximum absolute atomic E-state index is 10.1. The molecule has 0 saturated carbocycles. The number of rotatable bonds is 25. The average Bonchev–Trinajstić information content (AvgIpc) is 2.73. The highest BCUT2D eigenvalue weighted by Gasteiger charge is 1.95. The molecule has 30 heavy (non-hydrogen) atoms. The van der Waals surface area contributed by atoms with Gasteiger partial charge in [0, 0.05) is 6.54 Å². The van der Waals surface area contributed by atoms with Crippen molar-refractivity contribution in [1.82, 2.24) is 44.1 Å². The quantitative estimate of drug-likeness (QED) is 0.0785. The smallest absolute Gasteiger partial charge is 0.420 e. The summed E-state index contributed by atoms with van der Waals surface area (Å²) in [5.41, 5.74) is 19.8. The van der Waals surface area contributed by atoms with Crippen LogP contribution in [0.4, 0.5) is 4.79 Å². The fourth-order valence-corrected chi connectivity index (χ4v) is 3.25. The van der Waals surface area contributed by atoms with Crippen molar-refractivity contribution in [2.45, 2.75) is 116 Å². The van der Waals surface area contributed by atoms with E-state index in [2.05, 4.69) is 45.6 Å². The topological polar surface area (TPSA) is 134 Å². The Morgan fingerprint density at radius 2 is 0.900 bits per heavy atom. The second-order valence-electron chi connectivity index (χ2n) is 7.76. The van der Waals surface area contributed by atoms with E-state index in [-0.39, 0.29) is 0 Å². The van der Waals surface area contributed by atoms with Crippen molar-refractivity contribution >= 4 is 6.09 Å². The lowest BCUT2D eigenvalue weighted by Gasteiger charge is -2.11. The van der Waals surface area contributed by atoms with Crippen molar-refractivity contribution in [3.63, 3.8) is 0 Å². The maximum Gasteiger partial charge on any atom is 0.420 e. The number of hydrogen-bond acceptors (Lipinski definition) is 8. The van der Waals surface area contributed by atoms with Gasteiger partial charge >= 0.3 is 6.09 Å². The molecule has 0 unspecified atom stereocenters. The third-order valence-corrected chi connectivity index (χ3v) is 4.98. The van der Waals surface area contributed by atoms with Crippen LogP contribution in [-0.2, 0) is 0 Å². The molecule has 0 spiro atoms. The summed E-state index contributed by atoms with van der Waals surface area (Å²) in [7, 11) is 0. The lowest BCUT2D eigenvalue weighted by atomic mass is 10.0. The van der Waals surface area contributed by atoms with Crippen LogP contribution in [0.5, 0.6) is 0 Å². The maximum atomic E-state index is 10.1. The van der Waals surface area contributed by atoms with E-state index in [1.807, 2.05) is 5.43 Å². The Bertz CT molecular complexity index is 351. The first-order valence-electron chi connectivity index (χ1n) is 12.0. The molecule has 9 N–H and O–H groups in total. The van der Waals surface area contributed by atoms with Crippen LogP contribution >= 0.6 is 0 Å². The normalized spacial score (nSPS) is 11.1. The molecule has 0 aromatic heterocycles. The third kappa shape index (κ3) is 27.0. The summed E-state index contributed by atoms with van der Waals surface area (Å²) in [4.78, 5) is 10.1. The number of hydrogen-bond donors (Lipinski definition) is 9. The highest BCUT2D eigenvalue weighted by Crippen LogP contribution is 2.13. The average molecular weight is 433 g/mol. The fourth-order valence-electron chi connectivity index (χ4n) is 3.25. The van der Waals surface area contributed by atoms with Gasteiger partial charge in [-0.3, -0.25) is 0 Å². The van der Waals surface area contributed by atoms with Gasteiger partial charge in [0.05, 0.1) is 0 Å². The lowest BCUT2D eigenvalue weighted by Crippen LogP contribution is -2.63. The van der Waals surface area contributed by atoms with E-state index in [0.717, 1.165) is 13.0 Å². The number of carboxylic acid groups (broad SMARTS) is 1. The van der Waals surface area contributed by atoms with Gasteiger partial charge in [-0.05, 0) is 6.42 Å². The van der Waals surface area contributed by atoms with Crippen LogP contribution in [0, 0.1) is 0 Å². The van der Waals surface area contributed by atoms with Crippen molar-refractivity contribution in [2.24, 2.45) is 0 Å². The van der Waals surface area contributed by atoms with Gasteiger partial charge in [-0.15, -0.1) is 0 Å². The molecule has 0 aliphatic rings. The summed E-state index contributed by atoms with van der Waals surface area (Å²) in [6.07, 6.45) is 22.2. The zero-order valence-electron chi connectivity index (χ0n) is 19.1. The van der Waals surface area contributed by atoms with E-state index < -0.39 is 6.09 Å². The molecule has 0 aromatic carbocycles. The van der Waals surface area contributed by atoms with E-state index in [9.17, 15) is 4.79 Å². The number of hydrazine groups is 7. The van der Waals surface area contributed by atoms with Crippen LogP contribution in [0.15, 0.2) is 0 Å². The van der Waals surface area contributed by atoms with Gasteiger partial charge in [0.25, 0.3) is 0 Å². The first kappa shape index (κ1) is 29.0. The second kappa shape index (κ2) is 26.0. The van der Waals surface area contributed by atoms with Gasteiger partial charge in [-0.25, -0.2) is 15.6 Å². The fraction of sp³-hybridized carbons (Fsp3) is 0.950. The summed E-state index contributed by atoms with van der Waals surface area (Å²) in [6.45, 7) is 3.15. The minimum absolute atomic E-state index is 0.875. The molecule has 0 bridgehead atoms. The van der Waals surface area contributed by atoms with Crippen molar-refractivity contribution in [1.29, 1.82) is 0 Å². The minimum Gasteiger partial charge on any atom is -0.464 e. The Morgan fingerprint density at radius 1 is 0.533 bits per heavy atom. The number of amides is 1. The Labute approximate surface area is 183 Å². The SMILES string of the molecule is CCCCCCCCCCCCCCCCCCCNNNNNNNNC(=O)O. The van der Waals surface area contributed by atoms with E-state index >= 15 is 0 Å². The van der Waals surface area contributed by atoms with Gasteiger partial charge in [-0.1, -0.05) is 110 Å². The van der Waals surface area contributed by atoms with Crippen LogP contribution in [0.3, 0.4) is 0 Å². The van der Waals surface area contributed by atoms with E-state index in [1.54, 1.807) is 0 Å². The first-order chi connectivity index (χ1) is 14.8. The summed E-state index contributed by atoms with van der Waals surface area (Å²) in [6, 6.07) is 0. The molecule has 10 heteroatoms. The van der Waals surface area contributed by atoms with Crippen LogP contribution in [0.25, 0.3) is 0 Å². The Hall–Kier alpha value is -1.01. The molecule has 0 rings (SSSR count). The van der Waals surface area contributed by atoms with E-state index in [1.165, 1.54) is 103 Å². The molecular weight excluding hydrogens is 384 g/mol. The van der Waals surface area contributed by atoms with Crippen LogP contribution in [-0.4, -0.2) is 17.7 Å².